The van der Waals surface area contributed by atoms with Gasteiger partial charge in [0.25, 0.3) is 5.91 Å². The van der Waals surface area contributed by atoms with Crippen molar-refractivity contribution in [3.63, 3.8) is 0 Å². The Labute approximate surface area is 197 Å². The maximum atomic E-state index is 12.3. The Balaban J connectivity index is 1.52. The predicted molar refractivity (Wildman–Crippen MR) is 131 cm³/mol. The van der Waals surface area contributed by atoms with Gasteiger partial charge in [0.15, 0.2) is 6.61 Å². The molecule has 0 aliphatic carbocycles. The number of amides is 1. The van der Waals surface area contributed by atoms with Crippen LogP contribution in [0, 0.1) is 13.8 Å². The maximum Gasteiger partial charge on any atom is 0.277 e. The van der Waals surface area contributed by atoms with Crippen LogP contribution in [0.4, 0.5) is 0 Å². The predicted octanol–water partition coefficient (Wildman–Crippen LogP) is 5.34. The van der Waals surface area contributed by atoms with E-state index in [-0.39, 0.29) is 12.5 Å². The summed E-state index contributed by atoms with van der Waals surface area (Å²) in [5.41, 5.74) is 7.81. The molecule has 0 aliphatic heterocycles. The number of carbonyl (C=O) groups is 1. The Morgan fingerprint density at radius 1 is 1.06 bits per heavy atom. The third-order valence-corrected chi connectivity index (χ3v) is 5.53. The number of ether oxygens (including phenoxy) is 1. The molecule has 1 N–H and O–H groups in total. The third kappa shape index (κ3) is 5.30. The van der Waals surface area contributed by atoms with E-state index in [0.29, 0.717) is 10.8 Å². The van der Waals surface area contributed by atoms with Gasteiger partial charge in [0.05, 0.1) is 23.8 Å². The summed E-state index contributed by atoms with van der Waals surface area (Å²) < 4.78 is 7.70. The van der Waals surface area contributed by atoms with Crippen LogP contribution in [0.15, 0.2) is 84.1 Å². The minimum Gasteiger partial charge on any atom is -0.483 e. The molecule has 0 fully saturated rings. The van der Waals surface area contributed by atoms with Crippen molar-refractivity contribution in [2.24, 2.45) is 5.10 Å². The number of carbonyl (C=O) groups excluding carboxylic acids is 1. The average Bonchev–Trinajstić information content (AvgIpc) is 3.31. The van der Waals surface area contributed by atoms with Gasteiger partial charge in [-0.05, 0) is 60.9 Å². The highest BCUT2D eigenvalue weighted by molar-refractivity contribution is 6.31. The van der Waals surface area contributed by atoms with Crippen LogP contribution in [-0.4, -0.2) is 28.5 Å². The third-order valence-electron chi connectivity index (χ3n) is 5.12. The van der Waals surface area contributed by atoms with Crippen LogP contribution in [0.5, 0.6) is 5.75 Å². The highest BCUT2D eigenvalue weighted by Gasteiger charge is 2.16. The molecule has 0 unspecified atom stereocenters. The molecule has 0 bridgehead atoms. The van der Waals surface area contributed by atoms with Crippen LogP contribution in [0.2, 0.25) is 5.02 Å². The van der Waals surface area contributed by atoms with Gasteiger partial charge in [0, 0.05) is 10.6 Å². The topological polar surface area (TPSA) is 68.5 Å². The fraction of sp³-hybridized carbons (Fsp3) is 0.115. The molecular weight excluding hydrogens is 436 g/mol. The van der Waals surface area contributed by atoms with Crippen molar-refractivity contribution in [2.45, 2.75) is 13.8 Å². The van der Waals surface area contributed by atoms with E-state index in [1.54, 1.807) is 17.1 Å². The molecule has 0 atom stereocenters. The zero-order valence-corrected chi connectivity index (χ0v) is 19.1. The molecule has 166 valence electrons. The molecule has 1 heterocycles. The zero-order chi connectivity index (χ0) is 23.2. The number of nitrogens with zero attached hydrogens (tertiary/aromatic N) is 3. The minimum atomic E-state index is -0.366. The van der Waals surface area contributed by atoms with Gasteiger partial charge in [0.2, 0.25) is 0 Å². The Morgan fingerprint density at radius 3 is 2.61 bits per heavy atom. The lowest BCUT2D eigenvalue weighted by Gasteiger charge is -2.15. The van der Waals surface area contributed by atoms with E-state index in [9.17, 15) is 4.79 Å². The van der Waals surface area contributed by atoms with Gasteiger partial charge in [-0.15, -0.1) is 0 Å². The molecule has 4 aromatic rings. The fourth-order valence-corrected chi connectivity index (χ4v) is 3.50. The first kappa shape index (κ1) is 22.3. The molecule has 1 aromatic heterocycles. The summed E-state index contributed by atoms with van der Waals surface area (Å²) in [7, 11) is 0. The van der Waals surface area contributed by atoms with Crippen molar-refractivity contribution in [3.05, 3.63) is 101 Å². The van der Waals surface area contributed by atoms with E-state index in [4.69, 9.17) is 16.3 Å². The van der Waals surface area contributed by atoms with Gasteiger partial charge < -0.3 is 4.74 Å². The molecule has 6 nitrogen and oxygen atoms in total. The van der Waals surface area contributed by atoms with Crippen molar-refractivity contribution < 1.29 is 9.53 Å². The number of rotatable bonds is 7. The largest absolute Gasteiger partial charge is 0.483 e. The van der Waals surface area contributed by atoms with Crippen molar-refractivity contribution >= 4 is 23.7 Å². The Bertz CT molecular complexity index is 1300. The summed E-state index contributed by atoms with van der Waals surface area (Å²) in [5.74, 6) is 0.169. The van der Waals surface area contributed by atoms with E-state index in [1.165, 1.54) is 0 Å². The van der Waals surface area contributed by atoms with Crippen LogP contribution < -0.4 is 10.2 Å². The number of aromatic nitrogens is 2. The van der Waals surface area contributed by atoms with E-state index < -0.39 is 0 Å². The highest BCUT2D eigenvalue weighted by Crippen LogP contribution is 2.35. The molecule has 7 heteroatoms. The Hall–Kier alpha value is -3.90. The first-order valence-corrected chi connectivity index (χ1v) is 10.8. The van der Waals surface area contributed by atoms with Crippen molar-refractivity contribution in [1.82, 2.24) is 15.2 Å². The summed E-state index contributed by atoms with van der Waals surface area (Å²) in [6, 6.07) is 23.1. The van der Waals surface area contributed by atoms with Crippen LogP contribution in [-0.2, 0) is 4.79 Å². The number of hydrogen-bond acceptors (Lipinski definition) is 4. The van der Waals surface area contributed by atoms with Gasteiger partial charge in [-0.3, -0.25) is 4.79 Å². The molecule has 1 amide bonds. The summed E-state index contributed by atoms with van der Waals surface area (Å²) in [5, 5.41) is 9.08. The monoisotopic (exact) mass is 458 g/mol. The molecular formula is C26H23ClN4O2. The first-order chi connectivity index (χ1) is 16.0. The average molecular weight is 459 g/mol. The number of aryl methyl sites for hydroxylation is 2. The molecule has 0 aliphatic rings. The summed E-state index contributed by atoms with van der Waals surface area (Å²) in [6.45, 7) is 3.68. The SMILES string of the molecule is Cc1cc(OCC(=O)N/N=C/c2ccccc2C)c(-c2ccnn2-c2ccccc2)cc1Cl. The highest BCUT2D eigenvalue weighted by atomic mass is 35.5. The van der Waals surface area contributed by atoms with Gasteiger partial charge in [-0.25, -0.2) is 10.1 Å². The van der Waals surface area contributed by atoms with Gasteiger partial charge >= 0.3 is 0 Å². The van der Waals surface area contributed by atoms with E-state index in [2.05, 4.69) is 15.6 Å². The lowest BCUT2D eigenvalue weighted by molar-refractivity contribution is -0.123. The molecule has 33 heavy (non-hydrogen) atoms. The normalized spacial score (nSPS) is 11.0. The van der Waals surface area contributed by atoms with Crippen LogP contribution >= 0.6 is 11.6 Å². The number of para-hydroxylation sites is 1. The lowest BCUT2D eigenvalue weighted by atomic mass is 10.1. The van der Waals surface area contributed by atoms with Crippen LogP contribution in [0.3, 0.4) is 0 Å². The Morgan fingerprint density at radius 2 is 1.82 bits per heavy atom. The number of halogens is 1. The number of hydrogen-bond donors (Lipinski definition) is 1. The molecule has 0 saturated heterocycles. The molecule has 0 radical (unpaired) electrons. The lowest BCUT2D eigenvalue weighted by Crippen LogP contribution is -2.24. The van der Waals surface area contributed by atoms with E-state index >= 15 is 0 Å². The maximum absolute atomic E-state index is 12.3. The second kappa shape index (κ2) is 10.1. The zero-order valence-electron chi connectivity index (χ0n) is 18.3. The second-order valence-corrected chi connectivity index (χ2v) is 7.91. The van der Waals surface area contributed by atoms with Crippen molar-refractivity contribution in [3.8, 4) is 22.7 Å². The van der Waals surface area contributed by atoms with Gasteiger partial charge in [0.1, 0.15) is 5.75 Å². The number of nitrogens with one attached hydrogen (secondary N) is 1. The van der Waals surface area contributed by atoms with Crippen LogP contribution in [0.25, 0.3) is 16.9 Å². The molecule has 3 aromatic carbocycles. The van der Waals surface area contributed by atoms with E-state index in [1.807, 2.05) is 86.6 Å². The molecule has 0 saturated carbocycles. The fourth-order valence-electron chi connectivity index (χ4n) is 3.34. The van der Waals surface area contributed by atoms with Crippen molar-refractivity contribution in [2.75, 3.05) is 6.61 Å². The molecule has 0 spiro atoms. The number of hydrazone groups is 1. The summed E-state index contributed by atoms with van der Waals surface area (Å²) in [6.07, 6.45) is 3.33. The van der Waals surface area contributed by atoms with E-state index in [0.717, 1.165) is 33.6 Å². The first-order valence-electron chi connectivity index (χ1n) is 10.4. The summed E-state index contributed by atoms with van der Waals surface area (Å²) >= 11 is 6.42. The Kier molecular flexibility index (Phi) is 6.86. The second-order valence-electron chi connectivity index (χ2n) is 7.50. The standard InChI is InChI=1S/C26H23ClN4O2/c1-18-8-6-7-9-20(18)16-28-30-26(32)17-33-25-14-19(2)23(27)15-22(25)24-12-13-29-31(24)21-10-4-3-5-11-21/h3-16H,17H2,1-2H3,(H,30,32)/b28-16+. The van der Waals surface area contributed by atoms with Gasteiger partial charge in [-0.2, -0.15) is 10.2 Å². The molecule has 4 rings (SSSR count). The number of benzene rings is 3. The minimum absolute atomic E-state index is 0.196. The summed E-state index contributed by atoms with van der Waals surface area (Å²) in [4.78, 5) is 12.3. The quantitative estimate of drug-likeness (QED) is 0.300. The van der Waals surface area contributed by atoms with Crippen LogP contribution in [0.1, 0.15) is 16.7 Å². The smallest absolute Gasteiger partial charge is 0.277 e. The van der Waals surface area contributed by atoms with Gasteiger partial charge in [-0.1, -0.05) is 54.1 Å². The van der Waals surface area contributed by atoms with Crippen molar-refractivity contribution in [1.29, 1.82) is 0 Å².